The van der Waals surface area contributed by atoms with Crippen LogP contribution in [0.4, 0.5) is 5.69 Å². The Hall–Kier alpha value is -4.96. The molecule has 4 aromatic carbocycles. The van der Waals surface area contributed by atoms with Gasteiger partial charge in [0.2, 0.25) is 5.91 Å². The average molecular weight is 699 g/mol. The number of benzene rings is 4. The molecule has 0 saturated carbocycles. The van der Waals surface area contributed by atoms with Gasteiger partial charge in [0.25, 0.3) is 5.69 Å². The number of non-ortho nitro benzene ring substituents is 1. The minimum Gasteiger partial charge on any atom is -0.463 e. The summed E-state index contributed by atoms with van der Waals surface area (Å²) in [6.07, 6.45) is 0.182. The van der Waals surface area contributed by atoms with Crippen LogP contribution < -0.4 is 15.9 Å². The van der Waals surface area contributed by atoms with E-state index in [4.69, 9.17) is 9.47 Å². The molecular weight excluding hydrogens is 663 g/mol. The summed E-state index contributed by atoms with van der Waals surface area (Å²) in [5.41, 5.74) is 0.513. The van der Waals surface area contributed by atoms with E-state index in [-0.39, 0.29) is 24.3 Å². The fraction of sp³-hybridized carbons (Fsp3) is 0.189. The first-order valence-corrected chi connectivity index (χ1v) is 18.3. The summed E-state index contributed by atoms with van der Waals surface area (Å²) in [6.45, 7) is -0.0512. The van der Waals surface area contributed by atoms with Crippen molar-refractivity contribution < 1.29 is 33.9 Å². The van der Waals surface area contributed by atoms with Gasteiger partial charge in [0.1, 0.15) is 17.4 Å². The van der Waals surface area contributed by atoms with Gasteiger partial charge >= 0.3 is 11.9 Å². The monoisotopic (exact) mass is 698 g/mol. The topological polar surface area (TPSA) is 136 Å². The number of amides is 1. The summed E-state index contributed by atoms with van der Waals surface area (Å²) >= 11 is 1.12. The van der Waals surface area contributed by atoms with Crippen LogP contribution in [0.1, 0.15) is 19.4 Å². The Kier molecular flexibility index (Phi) is 11.5. The van der Waals surface area contributed by atoms with Gasteiger partial charge in [-0.15, -0.1) is 11.8 Å². The molecule has 1 N–H and O–H groups in total. The quantitative estimate of drug-likeness (QED) is 0.0525. The van der Waals surface area contributed by atoms with E-state index < -0.39 is 47.1 Å². The number of nitrogens with zero attached hydrogens (tertiary/aromatic N) is 2. The van der Waals surface area contributed by atoms with Gasteiger partial charge < -0.3 is 14.6 Å². The molecule has 5 rings (SSSR count). The highest BCUT2D eigenvalue weighted by atomic mass is 32.2. The van der Waals surface area contributed by atoms with Crippen molar-refractivity contribution in [2.75, 3.05) is 6.61 Å². The number of carbonyl (C=O) groups excluding carboxylic acids is 3. The predicted molar refractivity (Wildman–Crippen MR) is 192 cm³/mol. The molecule has 10 nitrogen and oxygen atoms in total. The second kappa shape index (κ2) is 16.0. The summed E-state index contributed by atoms with van der Waals surface area (Å²) in [7, 11) is 0. The molecule has 0 radical (unpaired) electrons. The molecule has 252 valence electrons. The number of nitro benzene ring substituents is 1. The Bertz CT molecular complexity index is 1780. The number of esters is 2. The lowest BCUT2D eigenvalue weighted by Gasteiger charge is -2.50. The zero-order valence-electron chi connectivity index (χ0n) is 26.8. The molecule has 1 amide bonds. The van der Waals surface area contributed by atoms with Crippen LogP contribution in [0, 0.1) is 16.0 Å². The van der Waals surface area contributed by atoms with Crippen molar-refractivity contribution in [2.45, 2.75) is 31.9 Å². The normalized spacial score (nSPS) is 16.5. The van der Waals surface area contributed by atoms with Crippen LogP contribution in [0.3, 0.4) is 0 Å². The molecule has 12 heteroatoms. The Morgan fingerprint density at radius 2 is 1.41 bits per heavy atom. The number of rotatable bonds is 13. The number of thioether (sulfide) groups is 1. The smallest absolute Gasteiger partial charge is 0.356 e. The van der Waals surface area contributed by atoms with Crippen molar-refractivity contribution in [2.24, 2.45) is 5.92 Å². The molecule has 0 aromatic heterocycles. The fourth-order valence-electron chi connectivity index (χ4n) is 5.76. The average Bonchev–Trinajstić information content (AvgIpc) is 3.11. The second-order valence-corrected chi connectivity index (χ2v) is 15.4. The lowest BCUT2D eigenvalue weighted by atomic mass is 9.93. The summed E-state index contributed by atoms with van der Waals surface area (Å²) in [6, 6.07) is 34.1. The second-order valence-electron chi connectivity index (χ2n) is 11.1. The van der Waals surface area contributed by atoms with Gasteiger partial charge in [-0.1, -0.05) is 91.0 Å². The Morgan fingerprint density at radius 1 is 0.898 bits per heavy atom. The lowest BCUT2D eigenvalue weighted by Crippen LogP contribution is -2.66. The maximum Gasteiger partial charge on any atom is 0.356 e. The molecule has 0 bridgehead atoms. The molecule has 0 aliphatic carbocycles. The highest BCUT2D eigenvalue weighted by Gasteiger charge is 2.55. The standard InChI is InChI=1S/C37H35N2O8PS/c1-3-46-32(41)23-24-49-36-33(26(2)40)34(42)38(36)35(37(43)47-25-27-19-21-28(22-20-27)39(44)45)48(29-13-7-4-8-14-29,30-15-9-5-10-16-30)31-17-11-6-12-18-31/h4-24,26,33,36,40H,3,25H2,1-2H3/b24-23-. The van der Waals surface area contributed by atoms with Crippen LogP contribution >= 0.6 is 18.6 Å². The Labute approximate surface area is 288 Å². The molecule has 1 aliphatic rings. The van der Waals surface area contributed by atoms with Crippen LogP contribution in [0.2, 0.25) is 0 Å². The van der Waals surface area contributed by atoms with Crippen molar-refractivity contribution in [1.82, 2.24) is 4.90 Å². The molecule has 3 atom stereocenters. The van der Waals surface area contributed by atoms with Gasteiger partial charge in [-0.05, 0) is 52.9 Å². The van der Waals surface area contributed by atoms with E-state index in [2.05, 4.69) is 0 Å². The number of β-lactam (4-membered cyclic amide) rings is 1. The third-order valence-electron chi connectivity index (χ3n) is 7.99. The number of hydrogen-bond donors (Lipinski definition) is 1. The summed E-state index contributed by atoms with van der Waals surface area (Å²) in [5.74, 6) is -2.68. The van der Waals surface area contributed by atoms with Gasteiger partial charge in [0.05, 0.1) is 23.6 Å². The highest BCUT2D eigenvalue weighted by Crippen LogP contribution is 2.51. The molecule has 4 aromatic rings. The first kappa shape index (κ1) is 35.3. The molecule has 1 aliphatic heterocycles. The van der Waals surface area contributed by atoms with Gasteiger partial charge in [-0.25, -0.2) is 9.59 Å². The van der Waals surface area contributed by atoms with E-state index in [1.807, 2.05) is 91.0 Å². The number of carbonyl (C=O) groups is 3. The third-order valence-corrected chi connectivity index (χ3v) is 13.3. The van der Waals surface area contributed by atoms with Gasteiger partial charge in [0.15, 0.2) is 0 Å². The maximum atomic E-state index is 14.8. The van der Waals surface area contributed by atoms with Crippen molar-refractivity contribution >= 4 is 63.5 Å². The third kappa shape index (κ3) is 7.39. The zero-order valence-corrected chi connectivity index (χ0v) is 28.5. The number of nitro groups is 1. The molecule has 1 fully saturated rings. The maximum absolute atomic E-state index is 14.8. The fourth-order valence-corrected chi connectivity index (χ4v) is 11.4. The Morgan fingerprint density at radius 3 is 1.86 bits per heavy atom. The predicted octanol–water partition coefficient (Wildman–Crippen LogP) is 4.74. The lowest BCUT2D eigenvalue weighted by molar-refractivity contribution is -0.384. The molecule has 0 spiro atoms. The number of hydrogen-bond acceptors (Lipinski definition) is 9. The number of aliphatic hydroxyl groups excluding tert-OH is 1. The van der Waals surface area contributed by atoms with Crippen LogP contribution in [0.5, 0.6) is 0 Å². The molecule has 1 heterocycles. The minimum atomic E-state index is -3.23. The number of likely N-dealkylation sites (tertiary alicyclic amines) is 1. The van der Waals surface area contributed by atoms with E-state index in [0.29, 0.717) is 5.56 Å². The summed E-state index contributed by atoms with van der Waals surface area (Å²) < 4.78 is 11.0. The number of aliphatic hydroxyl groups is 1. The van der Waals surface area contributed by atoms with Crippen LogP contribution in [-0.2, 0) is 30.5 Å². The van der Waals surface area contributed by atoms with E-state index in [9.17, 15) is 29.6 Å². The SMILES string of the molecule is CCOC(=O)/C=C\SC1C(C(C)O)C(=O)N1C(C(=O)OCc1ccc([N+](=O)[O-])cc1)=P(c1ccccc1)(c1ccccc1)c1ccccc1. The largest absolute Gasteiger partial charge is 0.463 e. The first-order valence-electron chi connectivity index (χ1n) is 15.5. The van der Waals surface area contributed by atoms with Gasteiger partial charge in [0, 0.05) is 25.1 Å². The van der Waals surface area contributed by atoms with E-state index in [1.54, 1.807) is 6.92 Å². The summed E-state index contributed by atoms with van der Waals surface area (Å²) in [5, 5.41) is 25.1. The van der Waals surface area contributed by atoms with Crippen LogP contribution in [0.25, 0.3) is 0 Å². The zero-order chi connectivity index (χ0) is 35.0. The van der Waals surface area contributed by atoms with Gasteiger partial charge in [-0.3, -0.25) is 19.8 Å². The molecule has 3 unspecified atom stereocenters. The highest BCUT2D eigenvalue weighted by molar-refractivity contribution is 8.03. The van der Waals surface area contributed by atoms with E-state index in [1.165, 1.54) is 47.6 Å². The molecule has 49 heavy (non-hydrogen) atoms. The van der Waals surface area contributed by atoms with E-state index >= 15 is 0 Å². The molecule has 1 saturated heterocycles. The summed E-state index contributed by atoms with van der Waals surface area (Å²) in [4.78, 5) is 53.3. The van der Waals surface area contributed by atoms with Crippen molar-refractivity contribution in [3.8, 4) is 0 Å². The Balaban J connectivity index is 1.78. The van der Waals surface area contributed by atoms with Crippen molar-refractivity contribution in [3.63, 3.8) is 0 Å². The first-order chi connectivity index (χ1) is 23.7. The van der Waals surface area contributed by atoms with E-state index in [0.717, 1.165) is 27.7 Å². The van der Waals surface area contributed by atoms with Crippen LogP contribution in [-0.4, -0.2) is 56.3 Å². The van der Waals surface area contributed by atoms with Crippen LogP contribution in [0.15, 0.2) is 127 Å². The van der Waals surface area contributed by atoms with Gasteiger partial charge in [-0.2, -0.15) is 0 Å². The number of ether oxygens (including phenoxy) is 2. The van der Waals surface area contributed by atoms with Crippen molar-refractivity contribution in [3.05, 3.63) is 142 Å². The van der Waals surface area contributed by atoms with Crippen molar-refractivity contribution in [1.29, 1.82) is 0 Å². The minimum absolute atomic E-state index is 0.0990. The molecular formula is C37H35N2O8PS.